The second-order valence-electron chi connectivity index (χ2n) is 7.91. The number of guanidine groups is 1. The average Bonchev–Trinajstić information content (AvgIpc) is 2.96. The first-order valence-electron chi connectivity index (χ1n) is 10.1. The Labute approximate surface area is 176 Å². The van der Waals surface area contributed by atoms with E-state index in [1.807, 2.05) is 0 Å². The standard InChI is InChI=1S/C18H34N4O2S.HI/c1-2-19-18(22-13-16-8-3-4-9-17(16)14-22)20-10-11-25(23,24)21-12-15-6-5-7-15;/h15-17,21H,2-14H2,1H3,(H,19,20);1H. The minimum absolute atomic E-state index is 0. The fraction of sp³-hybridized carbons (Fsp3) is 0.944. The van der Waals surface area contributed by atoms with Gasteiger partial charge in [-0.15, -0.1) is 24.0 Å². The van der Waals surface area contributed by atoms with Crippen LogP contribution in [0.2, 0.25) is 0 Å². The predicted molar refractivity (Wildman–Crippen MR) is 118 cm³/mol. The van der Waals surface area contributed by atoms with Crippen LogP contribution in [0, 0.1) is 17.8 Å². The third-order valence-electron chi connectivity index (χ3n) is 6.05. The van der Waals surface area contributed by atoms with E-state index in [2.05, 4.69) is 26.9 Å². The van der Waals surface area contributed by atoms with Crippen LogP contribution in [-0.2, 0) is 10.0 Å². The highest BCUT2D eigenvalue weighted by atomic mass is 127. The van der Waals surface area contributed by atoms with Crippen molar-refractivity contribution in [2.45, 2.75) is 51.9 Å². The Morgan fingerprint density at radius 3 is 2.27 bits per heavy atom. The predicted octanol–water partition coefficient (Wildman–Crippen LogP) is 2.41. The topological polar surface area (TPSA) is 73.8 Å². The number of aliphatic imine (C=N–C) groups is 1. The van der Waals surface area contributed by atoms with E-state index in [4.69, 9.17) is 0 Å². The number of nitrogens with one attached hydrogen (secondary N) is 2. The first-order valence-corrected chi connectivity index (χ1v) is 11.7. The fourth-order valence-corrected chi connectivity index (χ4v) is 5.26. The Morgan fingerprint density at radius 2 is 1.73 bits per heavy atom. The van der Waals surface area contributed by atoms with Gasteiger partial charge in [0.1, 0.15) is 0 Å². The van der Waals surface area contributed by atoms with Crippen LogP contribution in [0.5, 0.6) is 0 Å². The summed E-state index contributed by atoms with van der Waals surface area (Å²) in [6, 6.07) is 0. The Morgan fingerprint density at radius 1 is 1.08 bits per heavy atom. The molecule has 1 aliphatic heterocycles. The second kappa shape index (κ2) is 10.5. The number of hydrogen-bond donors (Lipinski definition) is 2. The van der Waals surface area contributed by atoms with E-state index in [1.54, 1.807) is 0 Å². The van der Waals surface area contributed by atoms with Gasteiger partial charge in [0.2, 0.25) is 10.0 Å². The van der Waals surface area contributed by atoms with Crippen LogP contribution in [0.25, 0.3) is 0 Å². The van der Waals surface area contributed by atoms with Gasteiger partial charge in [0.15, 0.2) is 5.96 Å². The van der Waals surface area contributed by atoms with Crippen molar-refractivity contribution >= 4 is 40.0 Å². The summed E-state index contributed by atoms with van der Waals surface area (Å²) in [6.07, 6.45) is 8.92. The van der Waals surface area contributed by atoms with Crippen molar-refractivity contribution in [1.29, 1.82) is 0 Å². The number of likely N-dealkylation sites (tertiary alicyclic amines) is 1. The zero-order valence-corrected chi connectivity index (χ0v) is 19.1. The molecule has 3 aliphatic rings. The van der Waals surface area contributed by atoms with Crippen molar-refractivity contribution in [2.75, 3.05) is 38.5 Å². The molecule has 0 aromatic heterocycles. The van der Waals surface area contributed by atoms with Crippen molar-refractivity contribution in [1.82, 2.24) is 14.9 Å². The van der Waals surface area contributed by atoms with Crippen LogP contribution in [0.4, 0.5) is 0 Å². The molecule has 0 radical (unpaired) electrons. The van der Waals surface area contributed by atoms with E-state index in [-0.39, 0.29) is 29.7 Å². The van der Waals surface area contributed by atoms with Gasteiger partial charge in [0.05, 0.1) is 12.3 Å². The van der Waals surface area contributed by atoms with Gasteiger partial charge < -0.3 is 10.2 Å². The minimum Gasteiger partial charge on any atom is -0.357 e. The molecule has 1 heterocycles. The lowest BCUT2D eigenvalue weighted by molar-refractivity contribution is 0.299. The quantitative estimate of drug-likeness (QED) is 0.321. The van der Waals surface area contributed by atoms with Gasteiger partial charge in [-0.3, -0.25) is 4.99 Å². The summed E-state index contributed by atoms with van der Waals surface area (Å²) in [5.74, 6) is 3.11. The van der Waals surface area contributed by atoms with Gasteiger partial charge >= 0.3 is 0 Å². The summed E-state index contributed by atoms with van der Waals surface area (Å²) >= 11 is 0. The highest BCUT2D eigenvalue weighted by molar-refractivity contribution is 14.0. The maximum Gasteiger partial charge on any atom is 0.213 e. The van der Waals surface area contributed by atoms with Crippen molar-refractivity contribution in [3.05, 3.63) is 0 Å². The molecular formula is C18H35IN4O2S. The number of rotatable bonds is 7. The van der Waals surface area contributed by atoms with Crippen LogP contribution in [0.15, 0.2) is 4.99 Å². The maximum atomic E-state index is 12.1. The summed E-state index contributed by atoms with van der Waals surface area (Å²) in [4.78, 5) is 6.96. The van der Waals surface area contributed by atoms with Crippen molar-refractivity contribution < 1.29 is 8.42 Å². The first-order chi connectivity index (χ1) is 12.1. The molecular weight excluding hydrogens is 463 g/mol. The van der Waals surface area contributed by atoms with Gasteiger partial charge in [0, 0.05) is 26.2 Å². The highest BCUT2D eigenvalue weighted by Gasteiger charge is 2.35. The Kier molecular flexibility index (Phi) is 8.93. The summed E-state index contributed by atoms with van der Waals surface area (Å²) in [5, 5.41) is 3.35. The summed E-state index contributed by atoms with van der Waals surface area (Å²) in [6.45, 7) is 5.95. The summed E-state index contributed by atoms with van der Waals surface area (Å²) < 4.78 is 27.0. The maximum absolute atomic E-state index is 12.1. The molecule has 0 bridgehead atoms. The van der Waals surface area contributed by atoms with Crippen LogP contribution in [0.3, 0.4) is 0 Å². The Bertz CT molecular complexity index is 552. The number of hydrogen-bond acceptors (Lipinski definition) is 3. The third-order valence-corrected chi connectivity index (χ3v) is 7.38. The molecule has 3 rings (SSSR count). The van der Waals surface area contributed by atoms with E-state index in [0.717, 1.165) is 50.3 Å². The first kappa shape index (κ1) is 22.2. The van der Waals surface area contributed by atoms with Gasteiger partial charge in [-0.1, -0.05) is 19.3 Å². The second-order valence-corrected chi connectivity index (χ2v) is 9.84. The Balaban J connectivity index is 0.00000243. The summed E-state index contributed by atoms with van der Waals surface area (Å²) in [5.41, 5.74) is 0. The molecule has 2 unspecified atom stereocenters. The number of nitrogens with zero attached hydrogens (tertiary/aromatic N) is 2. The molecule has 152 valence electrons. The van der Waals surface area contributed by atoms with E-state index in [0.29, 0.717) is 19.0 Å². The van der Waals surface area contributed by atoms with Crippen LogP contribution < -0.4 is 10.0 Å². The number of fused-ring (bicyclic) bond motifs is 1. The highest BCUT2D eigenvalue weighted by Crippen LogP contribution is 2.35. The lowest BCUT2D eigenvalue weighted by Crippen LogP contribution is -2.41. The lowest BCUT2D eigenvalue weighted by Gasteiger charge is -2.25. The minimum atomic E-state index is -3.21. The summed E-state index contributed by atoms with van der Waals surface area (Å²) in [7, 11) is -3.21. The van der Waals surface area contributed by atoms with Crippen molar-refractivity contribution in [3.8, 4) is 0 Å². The zero-order chi connectivity index (χ0) is 17.7. The molecule has 0 amide bonds. The SMILES string of the molecule is CCNC(=NCCS(=O)(=O)NCC1CCC1)N1CC2CCCCC2C1.I. The van der Waals surface area contributed by atoms with Crippen molar-refractivity contribution in [3.63, 3.8) is 0 Å². The third kappa shape index (κ3) is 6.22. The lowest BCUT2D eigenvalue weighted by atomic mass is 9.82. The van der Waals surface area contributed by atoms with Gasteiger partial charge in [-0.05, 0) is 50.4 Å². The van der Waals surface area contributed by atoms with E-state index >= 15 is 0 Å². The molecule has 8 heteroatoms. The molecule has 2 atom stereocenters. The van der Waals surface area contributed by atoms with Gasteiger partial charge in [-0.2, -0.15) is 0 Å². The normalized spacial score (nSPS) is 26.8. The van der Waals surface area contributed by atoms with Crippen molar-refractivity contribution in [2.24, 2.45) is 22.7 Å². The van der Waals surface area contributed by atoms with Gasteiger partial charge in [0.25, 0.3) is 0 Å². The molecule has 6 nitrogen and oxygen atoms in total. The zero-order valence-electron chi connectivity index (χ0n) is 16.0. The smallest absolute Gasteiger partial charge is 0.213 e. The van der Waals surface area contributed by atoms with E-state index in [1.165, 1.54) is 32.1 Å². The molecule has 3 fully saturated rings. The number of sulfonamides is 1. The molecule has 2 N–H and O–H groups in total. The van der Waals surface area contributed by atoms with Crippen LogP contribution in [-0.4, -0.2) is 57.8 Å². The van der Waals surface area contributed by atoms with Gasteiger partial charge in [-0.25, -0.2) is 13.1 Å². The fourth-order valence-electron chi connectivity index (χ4n) is 4.29. The molecule has 1 saturated heterocycles. The number of halogens is 1. The van der Waals surface area contributed by atoms with E-state index in [9.17, 15) is 8.42 Å². The molecule has 26 heavy (non-hydrogen) atoms. The molecule has 2 aliphatic carbocycles. The molecule has 2 saturated carbocycles. The largest absolute Gasteiger partial charge is 0.357 e. The monoisotopic (exact) mass is 498 g/mol. The molecule has 0 spiro atoms. The van der Waals surface area contributed by atoms with Crippen LogP contribution in [0.1, 0.15) is 51.9 Å². The Hall–Kier alpha value is -0.0900. The van der Waals surface area contributed by atoms with Crippen LogP contribution >= 0.6 is 24.0 Å². The molecule has 0 aromatic rings. The van der Waals surface area contributed by atoms with E-state index < -0.39 is 10.0 Å². The molecule has 0 aromatic carbocycles. The average molecular weight is 498 g/mol.